The zero-order valence-electron chi connectivity index (χ0n) is 7.10. The fraction of sp³-hybridized carbons (Fsp3) is 1.00. The lowest BCUT2D eigenvalue weighted by Crippen LogP contribution is -2.25. The van der Waals surface area contributed by atoms with Crippen molar-refractivity contribution in [3.8, 4) is 0 Å². The van der Waals surface area contributed by atoms with Crippen LogP contribution in [0.1, 0.15) is 39.5 Å². The molecule has 0 aromatic heterocycles. The second-order valence-electron chi connectivity index (χ2n) is 3.26. The number of rotatable bonds is 2. The molecule has 1 aliphatic rings. The molecule has 1 rings (SSSR count). The molecule has 1 unspecified atom stereocenters. The van der Waals surface area contributed by atoms with Crippen molar-refractivity contribution in [2.24, 2.45) is 5.92 Å². The first-order valence-electron chi connectivity index (χ1n) is 4.46. The van der Waals surface area contributed by atoms with E-state index in [1.54, 1.807) is 0 Å². The van der Waals surface area contributed by atoms with Crippen molar-refractivity contribution < 1.29 is 4.74 Å². The Morgan fingerprint density at radius 3 is 2.60 bits per heavy atom. The second kappa shape index (κ2) is 3.97. The van der Waals surface area contributed by atoms with E-state index in [0.717, 1.165) is 12.5 Å². The van der Waals surface area contributed by atoms with Crippen molar-refractivity contribution in [1.29, 1.82) is 0 Å². The number of ether oxygens (including phenoxy) is 1. The third-order valence-corrected chi connectivity index (χ3v) is 2.41. The molecule has 0 N–H and O–H groups in total. The Bertz CT molecular complexity index is 88.7. The van der Waals surface area contributed by atoms with Crippen LogP contribution >= 0.6 is 0 Å². The van der Waals surface area contributed by atoms with Gasteiger partial charge in [0, 0.05) is 6.61 Å². The highest BCUT2D eigenvalue weighted by Gasteiger charge is 2.20. The maximum atomic E-state index is 5.60. The van der Waals surface area contributed by atoms with Crippen LogP contribution in [0.3, 0.4) is 0 Å². The molecular weight excluding hydrogens is 124 g/mol. The normalized spacial score (nSPS) is 34.2. The summed E-state index contributed by atoms with van der Waals surface area (Å²) < 4.78 is 5.60. The van der Waals surface area contributed by atoms with Gasteiger partial charge in [-0.3, -0.25) is 0 Å². The van der Waals surface area contributed by atoms with Gasteiger partial charge in [-0.2, -0.15) is 0 Å². The number of hydrogen-bond donors (Lipinski definition) is 0. The highest BCUT2D eigenvalue weighted by atomic mass is 16.5. The smallest absolute Gasteiger partial charge is 0.0600 e. The fourth-order valence-electron chi connectivity index (χ4n) is 1.74. The van der Waals surface area contributed by atoms with E-state index in [0.29, 0.717) is 6.10 Å². The summed E-state index contributed by atoms with van der Waals surface area (Å²) in [6.45, 7) is 5.27. The topological polar surface area (TPSA) is 9.23 Å². The molecule has 0 bridgehead atoms. The van der Waals surface area contributed by atoms with Gasteiger partial charge in [-0.25, -0.2) is 0 Å². The lowest BCUT2D eigenvalue weighted by atomic mass is 9.88. The van der Waals surface area contributed by atoms with E-state index < -0.39 is 0 Å². The summed E-state index contributed by atoms with van der Waals surface area (Å²) in [7, 11) is 0. The van der Waals surface area contributed by atoms with Crippen LogP contribution in [0.15, 0.2) is 0 Å². The largest absolute Gasteiger partial charge is 0.378 e. The molecule has 1 heteroatoms. The highest BCUT2D eigenvalue weighted by Crippen LogP contribution is 2.25. The zero-order chi connectivity index (χ0) is 7.40. The minimum Gasteiger partial charge on any atom is -0.378 e. The molecule has 1 saturated carbocycles. The van der Waals surface area contributed by atoms with Crippen LogP contribution < -0.4 is 0 Å². The van der Waals surface area contributed by atoms with Crippen LogP contribution in [-0.4, -0.2) is 12.7 Å². The first-order chi connectivity index (χ1) is 4.84. The van der Waals surface area contributed by atoms with E-state index in [1.165, 1.54) is 25.7 Å². The lowest BCUT2D eigenvalue weighted by Gasteiger charge is -2.28. The molecular formula is C9H18O. The summed E-state index contributed by atoms with van der Waals surface area (Å²) >= 11 is 0. The molecule has 0 aliphatic heterocycles. The maximum Gasteiger partial charge on any atom is 0.0600 e. The summed E-state index contributed by atoms with van der Waals surface area (Å²) in [4.78, 5) is 0. The van der Waals surface area contributed by atoms with Crippen molar-refractivity contribution in [2.45, 2.75) is 45.6 Å². The van der Waals surface area contributed by atoms with Crippen molar-refractivity contribution >= 4 is 0 Å². The van der Waals surface area contributed by atoms with E-state index >= 15 is 0 Å². The van der Waals surface area contributed by atoms with Crippen LogP contribution in [-0.2, 0) is 4.74 Å². The van der Waals surface area contributed by atoms with Crippen LogP contribution in [0, 0.1) is 5.92 Å². The van der Waals surface area contributed by atoms with Crippen LogP contribution in [0.2, 0.25) is 0 Å². The molecule has 1 aliphatic carbocycles. The van der Waals surface area contributed by atoms with Crippen molar-refractivity contribution in [2.75, 3.05) is 6.61 Å². The predicted molar refractivity (Wildman–Crippen MR) is 43.0 cm³/mol. The van der Waals surface area contributed by atoms with Crippen LogP contribution in [0.4, 0.5) is 0 Å². The summed E-state index contributed by atoms with van der Waals surface area (Å²) in [5.41, 5.74) is 0. The molecule has 60 valence electrons. The summed E-state index contributed by atoms with van der Waals surface area (Å²) in [5.74, 6) is 0.800. The molecule has 0 heterocycles. The van der Waals surface area contributed by atoms with Crippen LogP contribution in [0.25, 0.3) is 0 Å². The third-order valence-electron chi connectivity index (χ3n) is 2.41. The van der Waals surface area contributed by atoms with Gasteiger partial charge >= 0.3 is 0 Å². The van der Waals surface area contributed by atoms with Gasteiger partial charge in [0.15, 0.2) is 0 Å². The molecule has 0 spiro atoms. The Hall–Kier alpha value is -0.0400. The van der Waals surface area contributed by atoms with Gasteiger partial charge in [-0.05, 0) is 25.7 Å². The van der Waals surface area contributed by atoms with Gasteiger partial charge in [0.05, 0.1) is 6.10 Å². The maximum absolute atomic E-state index is 5.60. The zero-order valence-corrected chi connectivity index (χ0v) is 7.10. The Balaban J connectivity index is 2.25. The van der Waals surface area contributed by atoms with Gasteiger partial charge in [0.25, 0.3) is 0 Å². The third kappa shape index (κ3) is 1.98. The summed E-state index contributed by atoms with van der Waals surface area (Å²) in [6, 6.07) is 0. The molecule has 1 fully saturated rings. The lowest BCUT2D eigenvalue weighted by molar-refractivity contribution is 0.00206. The van der Waals surface area contributed by atoms with E-state index in [9.17, 15) is 0 Å². The van der Waals surface area contributed by atoms with Gasteiger partial charge in [-0.15, -0.1) is 0 Å². The minimum atomic E-state index is 0.568. The molecule has 0 radical (unpaired) electrons. The Morgan fingerprint density at radius 1 is 1.30 bits per heavy atom. The Labute approximate surface area is 63.8 Å². The van der Waals surface area contributed by atoms with E-state index in [2.05, 4.69) is 13.8 Å². The van der Waals surface area contributed by atoms with E-state index in [4.69, 9.17) is 4.74 Å². The first-order valence-corrected chi connectivity index (χ1v) is 4.46. The van der Waals surface area contributed by atoms with E-state index in [1.807, 2.05) is 0 Å². The highest BCUT2D eigenvalue weighted by molar-refractivity contribution is 4.71. The summed E-state index contributed by atoms with van der Waals surface area (Å²) in [5, 5.41) is 0. The summed E-state index contributed by atoms with van der Waals surface area (Å²) in [6.07, 6.45) is 6.00. The SMILES string of the molecule is CCO[C@@H]1CCCCC1C. The molecule has 10 heavy (non-hydrogen) atoms. The Kier molecular flexibility index (Phi) is 3.20. The van der Waals surface area contributed by atoms with Gasteiger partial charge in [0.2, 0.25) is 0 Å². The first kappa shape index (κ1) is 8.06. The second-order valence-corrected chi connectivity index (χ2v) is 3.26. The quantitative estimate of drug-likeness (QED) is 0.576. The van der Waals surface area contributed by atoms with Gasteiger partial charge in [0.1, 0.15) is 0 Å². The molecule has 2 atom stereocenters. The van der Waals surface area contributed by atoms with Crippen molar-refractivity contribution in [3.63, 3.8) is 0 Å². The van der Waals surface area contributed by atoms with Gasteiger partial charge in [-0.1, -0.05) is 19.8 Å². The molecule has 0 saturated heterocycles. The van der Waals surface area contributed by atoms with Crippen molar-refractivity contribution in [1.82, 2.24) is 0 Å². The molecule has 0 amide bonds. The average Bonchev–Trinajstić information content (AvgIpc) is 1.94. The average molecular weight is 142 g/mol. The van der Waals surface area contributed by atoms with Gasteiger partial charge < -0.3 is 4.74 Å². The fourth-order valence-corrected chi connectivity index (χ4v) is 1.74. The minimum absolute atomic E-state index is 0.568. The van der Waals surface area contributed by atoms with Crippen molar-refractivity contribution in [3.05, 3.63) is 0 Å². The predicted octanol–water partition coefficient (Wildman–Crippen LogP) is 2.60. The van der Waals surface area contributed by atoms with Crippen LogP contribution in [0.5, 0.6) is 0 Å². The monoisotopic (exact) mass is 142 g/mol. The standard InChI is InChI=1S/C9H18O/c1-3-10-9-7-5-4-6-8(9)2/h8-9H,3-7H2,1-2H3/t8?,9-/m1/s1. The van der Waals surface area contributed by atoms with E-state index in [-0.39, 0.29) is 0 Å². The molecule has 1 nitrogen and oxygen atoms in total. The molecule has 0 aromatic carbocycles. The number of hydrogen-bond acceptors (Lipinski definition) is 1. The molecule has 0 aromatic rings. The Morgan fingerprint density at radius 2 is 2.00 bits per heavy atom.